The van der Waals surface area contributed by atoms with Crippen molar-refractivity contribution >= 4 is 23.1 Å². The van der Waals surface area contributed by atoms with E-state index in [-0.39, 0.29) is 27.9 Å². The molecule has 2 aromatic carbocycles. The van der Waals surface area contributed by atoms with E-state index in [0.717, 1.165) is 29.5 Å². The summed E-state index contributed by atoms with van der Waals surface area (Å²) in [4.78, 5) is 20.8. The molecule has 0 aliphatic carbocycles. The highest BCUT2D eigenvalue weighted by Crippen LogP contribution is 2.31. The number of non-ortho nitro benzene ring substituents is 1. The van der Waals surface area contributed by atoms with Gasteiger partial charge in [0.05, 0.1) is 9.85 Å². The lowest BCUT2D eigenvalue weighted by molar-refractivity contribution is -0.389. The van der Waals surface area contributed by atoms with E-state index in [2.05, 4.69) is 10.2 Å². The van der Waals surface area contributed by atoms with Gasteiger partial charge in [-0.1, -0.05) is 30.0 Å². The van der Waals surface area contributed by atoms with E-state index in [1.165, 1.54) is 6.07 Å². The van der Waals surface area contributed by atoms with Gasteiger partial charge < -0.3 is 4.42 Å². The number of hydrogen-bond donors (Lipinski definition) is 0. The van der Waals surface area contributed by atoms with Crippen molar-refractivity contribution in [1.82, 2.24) is 10.2 Å². The van der Waals surface area contributed by atoms with Crippen molar-refractivity contribution in [3.63, 3.8) is 0 Å². The summed E-state index contributed by atoms with van der Waals surface area (Å²) in [6.45, 7) is 0. The Morgan fingerprint density at radius 2 is 1.76 bits per heavy atom. The molecule has 1 aromatic heterocycles. The van der Waals surface area contributed by atoms with Crippen LogP contribution < -0.4 is 0 Å². The van der Waals surface area contributed by atoms with E-state index in [1.54, 1.807) is 0 Å². The monoisotopic (exact) mass is 358 g/mol. The van der Waals surface area contributed by atoms with Crippen molar-refractivity contribution in [2.45, 2.75) is 11.0 Å². The minimum atomic E-state index is -0.599. The second-order valence-electron chi connectivity index (χ2n) is 4.86. The van der Waals surface area contributed by atoms with Gasteiger partial charge in [-0.05, 0) is 12.1 Å². The molecule has 1 heterocycles. The van der Waals surface area contributed by atoms with Gasteiger partial charge in [0.15, 0.2) is 0 Å². The summed E-state index contributed by atoms with van der Waals surface area (Å²) in [5.41, 5.74) is 0.560. The fraction of sp³-hybridized carbons (Fsp3) is 0.0667. The van der Waals surface area contributed by atoms with Crippen LogP contribution in [0.3, 0.4) is 0 Å². The fourth-order valence-corrected chi connectivity index (χ4v) is 2.83. The predicted molar refractivity (Wildman–Crippen MR) is 89.0 cm³/mol. The standard InChI is InChI=1S/C15H10N4O5S/c20-18(21)12-6-7-13(19(22)23)11(8-12)9-25-15-17-16-14(24-15)10-4-2-1-3-5-10/h1-8H,9H2. The van der Waals surface area contributed by atoms with Gasteiger partial charge in [0.2, 0.25) is 5.89 Å². The molecule has 0 bridgehead atoms. The van der Waals surface area contributed by atoms with E-state index < -0.39 is 9.85 Å². The summed E-state index contributed by atoms with van der Waals surface area (Å²) in [6.07, 6.45) is 0. The summed E-state index contributed by atoms with van der Waals surface area (Å²) in [6, 6.07) is 12.6. The van der Waals surface area contributed by atoms with Crippen molar-refractivity contribution in [1.29, 1.82) is 0 Å². The number of rotatable bonds is 6. The maximum atomic E-state index is 11.1. The molecule has 0 aliphatic rings. The third-order valence-corrected chi connectivity index (χ3v) is 4.12. The molecule has 3 rings (SSSR count). The topological polar surface area (TPSA) is 125 Å². The summed E-state index contributed by atoms with van der Waals surface area (Å²) in [5, 5.41) is 30.0. The van der Waals surface area contributed by atoms with Crippen molar-refractivity contribution in [2.75, 3.05) is 0 Å². The molecule has 0 spiro atoms. The highest BCUT2D eigenvalue weighted by atomic mass is 32.2. The first-order chi connectivity index (χ1) is 12.0. The van der Waals surface area contributed by atoms with Gasteiger partial charge in [0.1, 0.15) is 0 Å². The molecule has 0 unspecified atom stereocenters. The quantitative estimate of drug-likeness (QED) is 0.369. The zero-order valence-electron chi connectivity index (χ0n) is 12.6. The minimum Gasteiger partial charge on any atom is -0.411 e. The Morgan fingerprint density at radius 3 is 2.44 bits per heavy atom. The van der Waals surface area contributed by atoms with Gasteiger partial charge in [-0.25, -0.2) is 0 Å². The van der Waals surface area contributed by atoms with Crippen LogP contribution in [0.2, 0.25) is 0 Å². The Labute approximate surface area is 145 Å². The molecule has 0 aliphatic heterocycles. The van der Waals surface area contributed by atoms with E-state index in [0.29, 0.717) is 5.89 Å². The molecule has 0 N–H and O–H groups in total. The molecule has 126 valence electrons. The zero-order valence-corrected chi connectivity index (χ0v) is 13.4. The SMILES string of the molecule is O=[N+]([O-])c1ccc([N+](=O)[O-])c(CSc2nnc(-c3ccccc3)o2)c1. The van der Waals surface area contributed by atoms with E-state index in [9.17, 15) is 20.2 Å². The third kappa shape index (κ3) is 3.80. The number of nitrogens with zero attached hydrogens (tertiary/aromatic N) is 4. The Morgan fingerprint density at radius 1 is 1.00 bits per heavy atom. The number of thioether (sulfide) groups is 1. The highest BCUT2D eigenvalue weighted by molar-refractivity contribution is 7.98. The second-order valence-corrected chi connectivity index (χ2v) is 5.78. The Hall–Kier alpha value is -3.27. The maximum absolute atomic E-state index is 11.1. The lowest BCUT2D eigenvalue weighted by atomic mass is 10.2. The van der Waals surface area contributed by atoms with Crippen LogP contribution in [0.1, 0.15) is 5.56 Å². The lowest BCUT2D eigenvalue weighted by Gasteiger charge is -2.01. The average Bonchev–Trinajstić information content (AvgIpc) is 3.09. The third-order valence-electron chi connectivity index (χ3n) is 3.25. The van der Waals surface area contributed by atoms with Crippen LogP contribution in [0, 0.1) is 20.2 Å². The summed E-state index contributed by atoms with van der Waals surface area (Å²) < 4.78 is 5.51. The molecule has 0 radical (unpaired) electrons. The van der Waals surface area contributed by atoms with Crippen LogP contribution in [-0.2, 0) is 5.75 Å². The molecule has 0 saturated heterocycles. The van der Waals surface area contributed by atoms with E-state index in [4.69, 9.17) is 4.42 Å². The van der Waals surface area contributed by atoms with Crippen LogP contribution in [0.4, 0.5) is 11.4 Å². The number of nitro groups is 2. The van der Waals surface area contributed by atoms with Crippen LogP contribution in [-0.4, -0.2) is 20.0 Å². The highest BCUT2D eigenvalue weighted by Gasteiger charge is 2.19. The number of hydrogen-bond acceptors (Lipinski definition) is 8. The molecule has 0 amide bonds. The zero-order chi connectivity index (χ0) is 17.8. The normalized spacial score (nSPS) is 10.6. The second kappa shape index (κ2) is 7.09. The maximum Gasteiger partial charge on any atom is 0.277 e. The van der Waals surface area contributed by atoms with Crippen molar-refractivity contribution < 1.29 is 14.3 Å². The Kier molecular flexibility index (Phi) is 4.70. The molecule has 10 heteroatoms. The van der Waals surface area contributed by atoms with Gasteiger partial charge in [-0.15, -0.1) is 10.2 Å². The fourth-order valence-electron chi connectivity index (χ4n) is 2.08. The van der Waals surface area contributed by atoms with Crippen LogP contribution in [0.15, 0.2) is 58.2 Å². The minimum absolute atomic E-state index is 0.0917. The summed E-state index contributed by atoms with van der Waals surface area (Å²) in [7, 11) is 0. The van der Waals surface area contributed by atoms with Gasteiger partial charge in [0, 0.05) is 35.1 Å². The first-order valence-corrected chi connectivity index (χ1v) is 7.96. The van der Waals surface area contributed by atoms with Gasteiger partial charge >= 0.3 is 0 Å². The molecule has 0 saturated carbocycles. The lowest BCUT2D eigenvalue weighted by Crippen LogP contribution is -1.96. The number of benzene rings is 2. The van der Waals surface area contributed by atoms with Gasteiger partial charge in [0.25, 0.3) is 16.6 Å². The average molecular weight is 358 g/mol. The number of nitro benzene ring substituents is 2. The van der Waals surface area contributed by atoms with Gasteiger partial charge in [-0.2, -0.15) is 0 Å². The van der Waals surface area contributed by atoms with Gasteiger partial charge in [-0.3, -0.25) is 20.2 Å². The van der Waals surface area contributed by atoms with Crippen LogP contribution in [0.25, 0.3) is 11.5 Å². The van der Waals surface area contributed by atoms with Crippen molar-refractivity contribution in [2.24, 2.45) is 0 Å². The first kappa shape index (κ1) is 16.6. The van der Waals surface area contributed by atoms with Crippen LogP contribution in [0.5, 0.6) is 0 Å². The molecule has 0 atom stereocenters. The smallest absolute Gasteiger partial charge is 0.277 e. The van der Waals surface area contributed by atoms with Crippen molar-refractivity contribution in [3.05, 3.63) is 74.3 Å². The summed E-state index contributed by atoms with van der Waals surface area (Å²) in [5.74, 6) is 0.422. The van der Waals surface area contributed by atoms with E-state index >= 15 is 0 Å². The molecular formula is C15H10N4O5S. The molecule has 3 aromatic rings. The predicted octanol–water partition coefficient (Wildman–Crippen LogP) is 3.85. The first-order valence-electron chi connectivity index (χ1n) is 6.98. The van der Waals surface area contributed by atoms with Crippen molar-refractivity contribution in [3.8, 4) is 11.5 Å². The molecule has 9 nitrogen and oxygen atoms in total. The Bertz CT molecular complexity index is 929. The molecule has 0 fully saturated rings. The van der Waals surface area contributed by atoms with Crippen LogP contribution >= 0.6 is 11.8 Å². The largest absolute Gasteiger partial charge is 0.411 e. The Balaban J connectivity index is 1.79. The van der Waals surface area contributed by atoms with E-state index in [1.807, 2.05) is 30.3 Å². The number of aromatic nitrogens is 2. The molecular weight excluding hydrogens is 348 g/mol. The molecule has 25 heavy (non-hydrogen) atoms. The summed E-state index contributed by atoms with van der Waals surface area (Å²) >= 11 is 1.07.